The van der Waals surface area contributed by atoms with E-state index >= 15 is 0 Å². The molecule has 2 aromatic rings. The fraction of sp³-hybridized carbons (Fsp3) is 0.400. The zero-order valence-electron chi connectivity index (χ0n) is 13.5. The molecule has 2 radical (unpaired) electrons. The van der Waals surface area contributed by atoms with Crippen molar-refractivity contribution in [3.8, 4) is 0 Å². The first kappa shape index (κ1) is 13.9. The number of anilines is 2. The van der Waals surface area contributed by atoms with Crippen LogP contribution in [0.3, 0.4) is 0 Å². The number of rotatable bonds is 1. The van der Waals surface area contributed by atoms with Gasteiger partial charge in [-0.1, -0.05) is 55.6 Å². The smallest absolute Gasteiger partial charge is 0.113 e. The highest BCUT2D eigenvalue weighted by molar-refractivity contribution is 6.32. The Labute approximate surface area is 134 Å². The lowest BCUT2D eigenvalue weighted by Crippen LogP contribution is -2.54. The molecule has 1 fully saturated rings. The molecular formula is C20H22BN. The largest absolute Gasteiger partial charge is 0.334 e. The average molecular weight is 287 g/mol. The topological polar surface area (TPSA) is 3.24 Å². The van der Waals surface area contributed by atoms with Crippen LogP contribution >= 0.6 is 0 Å². The quantitative estimate of drug-likeness (QED) is 0.710. The lowest BCUT2D eigenvalue weighted by atomic mass is 9.61. The predicted octanol–water partition coefficient (Wildman–Crippen LogP) is 4.22. The zero-order valence-corrected chi connectivity index (χ0v) is 13.5. The minimum atomic E-state index is 0.144. The second kappa shape index (κ2) is 4.65. The molecule has 2 aliphatic rings. The van der Waals surface area contributed by atoms with Gasteiger partial charge < -0.3 is 4.90 Å². The van der Waals surface area contributed by atoms with Crippen molar-refractivity contribution in [2.45, 2.75) is 50.5 Å². The molecular weight excluding hydrogens is 265 g/mol. The van der Waals surface area contributed by atoms with Crippen molar-refractivity contribution in [2.75, 3.05) is 4.90 Å². The molecule has 1 saturated carbocycles. The second-order valence-electron chi connectivity index (χ2n) is 7.26. The number of para-hydroxylation sites is 1. The Balaban J connectivity index is 1.95. The predicted molar refractivity (Wildman–Crippen MR) is 94.6 cm³/mol. The second-order valence-corrected chi connectivity index (χ2v) is 7.26. The van der Waals surface area contributed by atoms with Crippen molar-refractivity contribution in [1.82, 2.24) is 0 Å². The van der Waals surface area contributed by atoms with Crippen LogP contribution in [0.1, 0.15) is 45.1 Å². The van der Waals surface area contributed by atoms with Crippen molar-refractivity contribution in [1.29, 1.82) is 0 Å². The van der Waals surface area contributed by atoms with E-state index in [1.165, 1.54) is 42.6 Å². The first-order valence-corrected chi connectivity index (χ1v) is 8.32. The number of fused-ring (bicyclic) bond motifs is 3. The number of hydrogen-bond donors (Lipinski definition) is 0. The van der Waals surface area contributed by atoms with Crippen LogP contribution in [-0.4, -0.2) is 13.4 Å². The van der Waals surface area contributed by atoms with Gasteiger partial charge in [0.1, 0.15) is 7.85 Å². The van der Waals surface area contributed by atoms with Gasteiger partial charge in [-0.2, -0.15) is 0 Å². The number of nitrogens with zero attached hydrogens (tertiary/aromatic N) is 1. The molecule has 0 spiro atoms. The van der Waals surface area contributed by atoms with E-state index in [4.69, 9.17) is 7.85 Å². The van der Waals surface area contributed by atoms with E-state index in [0.29, 0.717) is 0 Å². The van der Waals surface area contributed by atoms with Gasteiger partial charge in [0.15, 0.2) is 0 Å². The van der Waals surface area contributed by atoms with E-state index < -0.39 is 0 Å². The van der Waals surface area contributed by atoms with Gasteiger partial charge in [0, 0.05) is 16.8 Å². The molecule has 1 heterocycles. The van der Waals surface area contributed by atoms with Crippen LogP contribution in [0.2, 0.25) is 0 Å². The van der Waals surface area contributed by atoms with Gasteiger partial charge >= 0.3 is 0 Å². The Morgan fingerprint density at radius 1 is 0.909 bits per heavy atom. The molecule has 0 bridgehead atoms. The van der Waals surface area contributed by atoms with Gasteiger partial charge in [0.05, 0.1) is 5.54 Å². The van der Waals surface area contributed by atoms with Gasteiger partial charge in [-0.05, 0) is 43.5 Å². The minimum Gasteiger partial charge on any atom is -0.334 e. The van der Waals surface area contributed by atoms with Gasteiger partial charge in [-0.3, -0.25) is 0 Å². The van der Waals surface area contributed by atoms with Gasteiger partial charge in [0.2, 0.25) is 0 Å². The lowest BCUT2D eigenvalue weighted by molar-refractivity contribution is 0.195. The molecule has 2 heteroatoms. The van der Waals surface area contributed by atoms with Crippen molar-refractivity contribution in [2.24, 2.45) is 0 Å². The summed E-state index contributed by atoms with van der Waals surface area (Å²) < 4.78 is 0. The fourth-order valence-corrected chi connectivity index (χ4v) is 4.72. The summed E-state index contributed by atoms with van der Waals surface area (Å²) in [5.41, 5.74) is 5.34. The van der Waals surface area contributed by atoms with Crippen LogP contribution in [0, 0.1) is 0 Å². The highest BCUT2D eigenvalue weighted by Gasteiger charge is 2.57. The first-order chi connectivity index (χ1) is 10.6. The molecule has 1 aliphatic heterocycles. The summed E-state index contributed by atoms with van der Waals surface area (Å²) in [7, 11) is 5.89. The molecule has 1 aliphatic carbocycles. The molecule has 2 atom stereocenters. The maximum atomic E-state index is 5.89. The summed E-state index contributed by atoms with van der Waals surface area (Å²) >= 11 is 0. The molecule has 22 heavy (non-hydrogen) atoms. The van der Waals surface area contributed by atoms with Crippen molar-refractivity contribution in [3.05, 3.63) is 54.1 Å². The van der Waals surface area contributed by atoms with Crippen LogP contribution in [0.4, 0.5) is 11.4 Å². The molecule has 1 nitrogen and oxygen atoms in total. The molecule has 0 aromatic heterocycles. The Hall–Kier alpha value is -1.70. The third-order valence-corrected chi connectivity index (χ3v) is 6.16. The van der Waals surface area contributed by atoms with Crippen molar-refractivity contribution >= 4 is 24.7 Å². The molecule has 2 aromatic carbocycles. The molecule has 0 N–H and O–H groups in total. The van der Waals surface area contributed by atoms with Crippen LogP contribution in [0.25, 0.3) is 0 Å². The third-order valence-electron chi connectivity index (χ3n) is 6.16. The van der Waals surface area contributed by atoms with Gasteiger partial charge in [0.25, 0.3) is 0 Å². The summed E-state index contributed by atoms with van der Waals surface area (Å²) in [6, 6.07) is 17.3. The molecule has 110 valence electrons. The van der Waals surface area contributed by atoms with Crippen LogP contribution in [-0.2, 0) is 5.41 Å². The van der Waals surface area contributed by atoms with E-state index in [1.54, 1.807) is 0 Å². The Kier molecular flexibility index (Phi) is 2.94. The number of hydrogen-bond acceptors (Lipinski definition) is 1. The Morgan fingerprint density at radius 2 is 1.59 bits per heavy atom. The summed E-state index contributed by atoms with van der Waals surface area (Å²) in [5.74, 6) is 0. The van der Waals surface area contributed by atoms with Crippen LogP contribution in [0.5, 0.6) is 0 Å². The lowest BCUT2D eigenvalue weighted by Gasteiger charge is -2.50. The van der Waals surface area contributed by atoms with E-state index in [-0.39, 0.29) is 11.0 Å². The maximum absolute atomic E-state index is 5.89. The monoisotopic (exact) mass is 287 g/mol. The normalized spacial score (nSPS) is 30.0. The van der Waals surface area contributed by atoms with Gasteiger partial charge in [-0.25, -0.2) is 0 Å². The van der Waals surface area contributed by atoms with Gasteiger partial charge in [-0.15, -0.1) is 0 Å². The highest BCUT2D eigenvalue weighted by Crippen LogP contribution is 2.60. The molecule has 4 rings (SSSR count). The summed E-state index contributed by atoms with van der Waals surface area (Å²) in [6.07, 6.45) is 5.15. The summed E-state index contributed by atoms with van der Waals surface area (Å²) in [4.78, 5) is 2.57. The Morgan fingerprint density at radius 3 is 2.36 bits per heavy atom. The summed E-state index contributed by atoms with van der Waals surface area (Å²) in [6.45, 7) is 4.91. The van der Waals surface area contributed by atoms with Crippen molar-refractivity contribution < 1.29 is 0 Å². The minimum absolute atomic E-state index is 0.144. The summed E-state index contributed by atoms with van der Waals surface area (Å²) in [5, 5.41) is 0. The average Bonchev–Trinajstić information content (AvgIpc) is 2.73. The maximum Gasteiger partial charge on any atom is 0.113 e. The van der Waals surface area contributed by atoms with E-state index in [2.05, 4.69) is 55.1 Å². The zero-order chi connectivity index (χ0) is 15.4. The third kappa shape index (κ3) is 1.67. The van der Waals surface area contributed by atoms with Crippen LogP contribution < -0.4 is 10.4 Å². The van der Waals surface area contributed by atoms with E-state index in [0.717, 1.165) is 5.46 Å². The number of benzene rings is 2. The molecule has 0 saturated heterocycles. The van der Waals surface area contributed by atoms with Crippen LogP contribution in [0.15, 0.2) is 48.5 Å². The molecule has 2 unspecified atom stereocenters. The highest BCUT2D eigenvalue weighted by atomic mass is 15.2. The first-order valence-electron chi connectivity index (χ1n) is 8.32. The van der Waals surface area contributed by atoms with E-state index in [1.807, 2.05) is 12.1 Å². The SMILES string of the molecule is [B]c1ccc(N2c3ccccc3C3(C)CCCCC23C)cc1. The molecule has 0 amide bonds. The fourth-order valence-electron chi connectivity index (χ4n) is 4.72. The Bertz CT molecular complexity index is 708. The van der Waals surface area contributed by atoms with E-state index in [9.17, 15) is 0 Å². The standard InChI is InChI=1S/C20H22BN/c1-19-13-5-6-14-20(19,2)22(16-11-9-15(21)10-12-16)18-8-4-3-7-17(18)19/h3-4,7-12H,5-6,13-14H2,1-2H3. The van der Waals surface area contributed by atoms with Crippen molar-refractivity contribution in [3.63, 3.8) is 0 Å².